The number of aryl methyl sites for hydroxylation is 2. The van der Waals surface area contributed by atoms with Crippen LogP contribution in [0.2, 0.25) is 0 Å². The zero-order chi connectivity index (χ0) is 14.3. The van der Waals surface area contributed by atoms with E-state index in [0.717, 1.165) is 24.5 Å². The van der Waals surface area contributed by atoms with Crippen molar-refractivity contribution >= 4 is 17.7 Å². The number of hydrogen-bond acceptors (Lipinski definition) is 4. The van der Waals surface area contributed by atoms with Crippen LogP contribution < -0.4 is 10.6 Å². The zero-order valence-corrected chi connectivity index (χ0v) is 13.1. The van der Waals surface area contributed by atoms with Crippen LogP contribution in [-0.2, 0) is 30.6 Å². The van der Waals surface area contributed by atoms with E-state index in [0.29, 0.717) is 6.54 Å². The maximum atomic E-state index is 11.9. The minimum Gasteiger partial charge on any atom is -0.354 e. The van der Waals surface area contributed by atoms with Gasteiger partial charge in [-0.1, -0.05) is 13.8 Å². The van der Waals surface area contributed by atoms with E-state index in [1.165, 1.54) is 17.0 Å². The van der Waals surface area contributed by atoms with Gasteiger partial charge in [-0.25, -0.2) is 0 Å². The van der Waals surface area contributed by atoms with Gasteiger partial charge >= 0.3 is 0 Å². The molecule has 20 heavy (non-hydrogen) atoms. The summed E-state index contributed by atoms with van der Waals surface area (Å²) < 4.78 is 1.98. The van der Waals surface area contributed by atoms with Crippen molar-refractivity contribution < 1.29 is 4.79 Å². The van der Waals surface area contributed by atoms with Gasteiger partial charge in [0.05, 0.1) is 17.4 Å². The van der Waals surface area contributed by atoms with E-state index in [1.54, 1.807) is 0 Å². The molecule has 0 bridgehead atoms. The summed E-state index contributed by atoms with van der Waals surface area (Å²) in [6.45, 7) is 5.69. The number of nitrogens with zero attached hydrogens (tertiary/aromatic N) is 2. The molecule has 1 aromatic rings. The minimum atomic E-state index is -0.121. The van der Waals surface area contributed by atoms with Crippen molar-refractivity contribution in [2.75, 3.05) is 12.3 Å². The number of hydrogen-bond donors (Lipinski definition) is 2. The molecule has 1 unspecified atom stereocenters. The summed E-state index contributed by atoms with van der Waals surface area (Å²) in [5, 5.41) is 11.0. The molecule has 1 saturated heterocycles. The van der Waals surface area contributed by atoms with Gasteiger partial charge in [0.1, 0.15) is 0 Å². The number of aromatic nitrogens is 2. The van der Waals surface area contributed by atoms with Crippen molar-refractivity contribution in [2.24, 2.45) is 12.5 Å². The Morgan fingerprint density at radius 2 is 2.35 bits per heavy atom. The molecule has 2 N–H and O–H groups in total. The van der Waals surface area contributed by atoms with Gasteiger partial charge in [-0.2, -0.15) is 16.9 Å². The Balaban J connectivity index is 1.76. The molecule has 3 rings (SSSR count). The van der Waals surface area contributed by atoms with Crippen molar-refractivity contribution in [3.63, 3.8) is 0 Å². The van der Waals surface area contributed by atoms with Crippen LogP contribution in [0.1, 0.15) is 30.8 Å². The van der Waals surface area contributed by atoms with Crippen LogP contribution in [0.5, 0.6) is 0 Å². The Labute approximate surface area is 123 Å². The molecule has 0 aromatic carbocycles. The number of carbonyl (C=O) groups is 1. The lowest BCUT2D eigenvalue weighted by Crippen LogP contribution is -2.43. The van der Waals surface area contributed by atoms with Crippen molar-refractivity contribution in [1.82, 2.24) is 20.4 Å². The molecule has 2 aliphatic rings. The van der Waals surface area contributed by atoms with E-state index in [4.69, 9.17) is 0 Å². The lowest BCUT2D eigenvalue weighted by atomic mass is 9.87. The van der Waals surface area contributed by atoms with Crippen LogP contribution in [-0.4, -0.2) is 34.0 Å². The van der Waals surface area contributed by atoms with Gasteiger partial charge in [0, 0.05) is 43.3 Å². The number of rotatable bonds is 3. The highest BCUT2D eigenvalue weighted by Gasteiger charge is 2.41. The first kappa shape index (κ1) is 13.9. The van der Waals surface area contributed by atoms with E-state index >= 15 is 0 Å². The summed E-state index contributed by atoms with van der Waals surface area (Å²) in [5.41, 5.74) is 3.79. The van der Waals surface area contributed by atoms with Gasteiger partial charge in [0.2, 0.25) is 5.91 Å². The van der Waals surface area contributed by atoms with Gasteiger partial charge in [-0.3, -0.25) is 14.8 Å². The molecule has 3 heterocycles. The van der Waals surface area contributed by atoms with Crippen molar-refractivity contribution in [1.29, 1.82) is 0 Å². The van der Waals surface area contributed by atoms with E-state index in [1.807, 2.05) is 23.5 Å². The molecule has 1 fully saturated rings. The molecular formula is C14H22N4OS. The maximum absolute atomic E-state index is 11.9. The molecular weight excluding hydrogens is 272 g/mol. The molecule has 0 spiro atoms. The third kappa shape index (κ3) is 2.35. The first-order chi connectivity index (χ1) is 9.49. The van der Waals surface area contributed by atoms with Gasteiger partial charge in [-0.15, -0.1) is 0 Å². The van der Waals surface area contributed by atoms with Gasteiger partial charge in [0.15, 0.2) is 0 Å². The van der Waals surface area contributed by atoms with Crippen LogP contribution in [0.25, 0.3) is 0 Å². The summed E-state index contributed by atoms with van der Waals surface area (Å²) >= 11 is 1.96. The van der Waals surface area contributed by atoms with Crippen LogP contribution in [0.4, 0.5) is 0 Å². The third-order valence-corrected chi connectivity index (χ3v) is 5.31. The van der Waals surface area contributed by atoms with Gasteiger partial charge < -0.3 is 5.32 Å². The molecule has 6 heteroatoms. The predicted octanol–water partition coefficient (Wildman–Crippen LogP) is 0.824. The quantitative estimate of drug-likeness (QED) is 0.867. The lowest BCUT2D eigenvalue weighted by Gasteiger charge is -2.25. The molecule has 5 nitrogen and oxygen atoms in total. The number of fused-ring (bicyclic) bond motifs is 1. The van der Waals surface area contributed by atoms with E-state index in [-0.39, 0.29) is 17.4 Å². The monoisotopic (exact) mass is 294 g/mol. The second-order valence-corrected chi connectivity index (χ2v) is 7.42. The Kier molecular flexibility index (Phi) is 3.54. The summed E-state index contributed by atoms with van der Waals surface area (Å²) in [7, 11) is 2.00. The Bertz CT molecular complexity index is 538. The van der Waals surface area contributed by atoms with Crippen molar-refractivity contribution in [3.8, 4) is 0 Å². The molecule has 1 atom stereocenters. The summed E-state index contributed by atoms with van der Waals surface area (Å²) in [6, 6.07) is -0.121. The second kappa shape index (κ2) is 5.07. The average Bonchev–Trinajstić information content (AvgIpc) is 2.85. The van der Waals surface area contributed by atoms with E-state index in [2.05, 4.69) is 29.6 Å². The first-order valence-corrected chi connectivity index (χ1v) is 8.27. The first-order valence-electron chi connectivity index (χ1n) is 7.11. The van der Waals surface area contributed by atoms with Crippen LogP contribution in [0, 0.1) is 5.41 Å². The summed E-state index contributed by atoms with van der Waals surface area (Å²) in [5.74, 6) is 2.32. The second-order valence-electron chi connectivity index (χ2n) is 6.32. The smallest absolute Gasteiger partial charge is 0.237 e. The topological polar surface area (TPSA) is 59.0 Å². The molecule has 1 amide bonds. The van der Waals surface area contributed by atoms with Crippen LogP contribution in [0.15, 0.2) is 0 Å². The standard InChI is InChI=1S/C14H22N4OS/c1-14(2)8-16-13(19)12(14)15-6-11-9-7-20-5-4-10(9)17-18(11)3/h12,15H,4-8H2,1-3H3,(H,16,19). The molecule has 110 valence electrons. The highest BCUT2D eigenvalue weighted by molar-refractivity contribution is 7.98. The Morgan fingerprint density at radius 3 is 3.05 bits per heavy atom. The maximum Gasteiger partial charge on any atom is 0.237 e. The number of carbonyl (C=O) groups excluding carboxylic acids is 1. The van der Waals surface area contributed by atoms with E-state index in [9.17, 15) is 4.79 Å². The molecule has 0 saturated carbocycles. The van der Waals surface area contributed by atoms with Crippen molar-refractivity contribution in [3.05, 3.63) is 17.0 Å². The van der Waals surface area contributed by atoms with E-state index < -0.39 is 0 Å². The number of thioether (sulfide) groups is 1. The average molecular weight is 294 g/mol. The molecule has 2 aliphatic heterocycles. The summed E-state index contributed by atoms with van der Waals surface area (Å²) in [4.78, 5) is 11.9. The lowest BCUT2D eigenvalue weighted by molar-refractivity contribution is -0.121. The zero-order valence-electron chi connectivity index (χ0n) is 12.3. The third-order valence-electron chi connectivity index (χ3n) is 4.32. The highest BCUT2D eigenvalue weighted by Crippen LogP contribution is 2.28. The SMILES string of the molecule is Cn1nc2c(c1CNC1C(=O)NCC1(C)C)CSCC2. The Morgan fingerprint density at radius 1 is 1.55 bits per heavy atom. The number of amides is 1. The minimum absolute atomic E-state index is 0.0372. The molecule has 1 aromatic heterocycles. The fraction of sp³-hybridized carbons (Fsp3) is 0.714. The fourth-order valence-corrected chi connectivity index (χ4v) is 4.06. The normalized spacial score (nSPS) is 24.6. The summed E-state index contributed by atoms with van der Waals surface area (Å²) in [6.07, 6.45) is 1.06. The van der Waals surface area contributed by atoms with Gasteiger partial charge in [0.25, 0.3) is 0 Å². The van der Waals surface area contributed by atoms with Crippen LogP contribution >= 0.6 is 11.8 Å². The van der Waals surface area contributed by atoms with Crippen LogP contribution in [0.3, 0.4) is 0 Å². The highest BCUT2D eigenvalue weighted by atomic mass is 32.2. The fourth-order valence-electron chi connectivity index (χ4n) is 3.04. The molecule has 0 radical (unpaired) electrons. The van der Waals surface area contributed by atoms with Crippen molar-refractivity contribution in [2.45, 2.75) is 38.6 Å². The number of nitrogens with one attached hydrogen (secondary N) is 2. The van der Waals surface area contributed by atoms with Gasteiger partial charge in [-0.05, 0) is 5.75 Å². The Hall–Kier alpha value is -1.01. The predicted molar refractivity (Wildman–Crippen MR) is 80.5 cm³/mol. The molecule has 0 aliphatic carbocycles. The largest absolute Gasteiger partial charge is 0.354 e.